The van der Waals surface area contributed by atoms with Crippen molar-refractivity contribution >= 4 is 17.6 Å². The second-order valence-electron chi connectivity index (χ2n) is 7.18. The van der Waals surface area contributed by atoms with Gasteiger partial charge in [0.2, 0.25) is 5.91 Å². The molecule has 0 radical (unpaired) electrons. The van der Waals surface area contributed by atoms with Crippen molar-refractivity contribution in [3.8, 4) is 0 Å². The summed E-state index contributed by atoms with van der Waals surface area (Å²) in [7, 11) is 0. The summed E-state index contributed by atoms with van der Waals surface area (Å²) in [4.78, 5) is 25.1. The molecule has 4 heteroatoms. The lowest BCUT2D eigenvalue weighted by Gasteiger charge is -2.28. The topological polar surface area (TPSA) is 55.4 Å². The van der Waals surface area contributed by atoms with Crippen molar-refractivity contribution in [3.05, 3.63) is 65.7 Å². The van der Waals surface area contributed by atoms with E-state index in [2.05, 4.69) is 12.2 Å². The largest absolute Gasteiger partial charge is 0.462 e. The molecule has 1 aliphatic rings. The van der Waals surface area contributed by atoms with Gasteiger partial charge in [0, 0.05) is 5.69 Å². The highest BCUT2D eigenvalue weighted by atomic mass is 16.5. The summed E-state index contributed by atoms with van der Waals surface area (Å²) >= 11 is 0. The van der Waals surface area contributed by atoms with Crippen molar-refractivity contribution in [1.29, 1.82) is 0 Å². The molecule has 142 valence electrons. The second kappa shape index (κ2) is 8.85. The van der Waals surface area contributed by atoms with Crippen molar-refractivity contribution in [1.82, 2.24) is 0 Å². The number of amides is 1. The molecule has 0 saturated heterocycles. The Labute approximate surface area is 160 Å². The number of unbranched alkanes of at least 4 members (excludes halogenated alkanes) is 1. The standard InChI is InChI=1S/C23H27NO3/c1-2-3-17-27-21(25)18-11-13-20(14-12-18)24-22(26)23(15-7-8-16-23)19-9-5-4-6-10-19/h4-6,9-14H,2-3,7-8,15-17H2,1H3,(H,24,26). The maximum absolute atomic E-state index is 13.1. The molecule has 2 aromatic carbocycles. The van der Waals surface area contributed by atoms with Crippen LogP contribution in [0.25, 0.3) is 0 Å². The van der Waals surface area contributed by atoms with E-state index in [1.165, 1.54) is 0 Å². The van der Waals surface area contributed by atoms with Gasteiger partial charge in [0.05, 0.1) is 17.6 Å². The van der Waals surface area contributed by atoms with E-state index in [0.717, 1.165) is 44.1 Å². The lowest BCUT2D eigenvalue weighted by atomic mass is 9.78. The van der Waals surface area contributed by atoms with Crippen molar-refractivity contribution in [3.63, 3.8) is 0 Å². The highest BCUT2D eigenvalue weighted by Gasteiger charge is 2.42. The van der Waals surface area contributed by atoms with Crippen LogP contribution in [0.2, 0.25) is 0 Å². The molecular weight excluding hydrogens is 338 g/mol. The van der Waals surface area contributed by atoms with Crippen LogP contribution in [0.4, 0.5) is 5.69 Å². The number of carbonyl (C=O) groups excluding carboxylic acids is 2. The van der Waals surface area contributed by atoms with E-state index in [9.17, 15) is 9.59 Å². The normalized spacial score (nSPS) is 15.3. The summed E-state index contributed by atoms with van der Waals surface area (Å²) in [6, 6.07) is 17.0. The highest BCUT2D eigenvalue weighted by molar-refractivity contribution is 6.00. The molecule has 1 fully saturated rings. The van der Waals surface area contributed by atoms with Gasteiger partial charge in [0.15, 0.2) is 0 Å². The van der Waals surface area contributed by atoms with Gasteiger partial charge in [-0.3, -0.25) is 4.79 Å². The fourth-order valence-corrected chi connectivity index (χ4v) is 3.72. The van der Waals surface area contributed by atoms with Gasteiger partial charge in [-0.2, -0.15) is 0 Å². The SMILES string of the molecule is CCCCOC(=O)c1ccc(NC(=O)C2(c3ccccc3)CCCC2)cc1. The zero-order valence-corrected chi connectivity index (χ0v) is 15.9. The van der Waals surface area contributed by atoms with Gasteiger partial charge in [-0.05, 0) is 49.1 Å². The Morgan fingerprint density at radius 1 is 1.00 bits per heavy atom. The van der Waals surface area contributed by atoms with Gasteiger partial charge in [0.1, 0.15) is 0 Å². The molecule has 1 N–H and O–H groups in total. The number of anilines is 1. The lowest BCUT2D eigenvalue weighted by Crippen LogP contribution is -2.37. The lowest BCUT2D eigenvalue weighted by molar-refractivity contribution is -0.121. The Bertz CT molecular complexity index is 762. The average molecular weight is 365 g/mol. The summed E-state index contributed by atoms with van der Waals surface area (Å²) in [5.41, 5.74) is 1.82. The van der Waals surface area contributed by atoms with E-state index in [-0.39, 0.29) is 11.9 Å². The predicted octanol–water partition coefficient (Wildman–Crippen LogP) is 5.09. The Morgan fingerprint density at radius 3 is 2.30 bits per heavy atom. The van der Waals surface area contributed by atoms with E-state index in [1.807, 2.05) is 30.3 Å². The first-order valence-electron chi connectivity index (χ1n) is 9.80. The maximum atomic E-state index is 13.1. The van der Waals surface area contributed by atoms with Gasteiger partial charge in [-0.15, -0.1) is 0 Å². The summed E-state index contributed by atoms with van der Waals surface area (Å²) in [6.07, 6.45) is 5.70. The van der Waals surface area contributed by atoms with Crippen LogP contribution in [0.1, 0.15) is 61.4 Å². The molecule has 3 rings (SSSR count). The van der Waals surface area contributed by atoms with Crippen LogP contribution in [0.3, 0.4) is 0 Å². The summed E-state index contributed by atoms with van der Waals surface area (Å²) < 4.78 is 5.22. The smallest absolute Gasteiger partial charge is 0.338 e. The molecule has 0 aromatic heterocycles. The molecule has 1 saturated carbocycles. The number of ether oxygens (including phenoxy) is 1. The number of hydrogen-bond donors (Lipinski definition) is 1. The summed E-state index contributed by atoms with van der Waals surface area (Å²) in [5.74, 6) is -0.289. The predicted molar refractivity (Wildman–Crippen MR) is 107 cm³/mol. The minimum atomic E-state index is -0.459. The molecule has 0 aliphatic heterocycles. The second-order valence-corrected chi connectivity index (χ2v) is 7.18. The van der Waals surface area contributed by atoms with Crippen LogP contribution in [0, 0.1) is 0 Å². The number of carbonyl (C=O) groups is 2. The van der Waals surface area contributed by atoms with E-state index < -0.39 is 5.41 Å². The van der Waals surface area contributed by atoms with Crippen LogP contribution in [0.15, 0.2) is 54.6 Å². The first kappa shape index (κ1) is 19.2. The quantitative estimate of drug-likeness (QED) is 0.549. The van der Waals surface area contributed by atoms with Gasteiger partial charge < -0.3 is 10.1 Å². The monoisotopic (exact) mass is 365 g/mol. The van der Waals surface area contributed by atoms with E-state index in [4.69, 9.17) is 4.74 Å². The van der Waals surface area contributed by atoms with Gasteiger partial charge >= 0.3 is 5.97 Å². The van der Waals surface area contributed by atoms with Crippen LogP contribution in [-0.2, 0) is 14.9 Å². The molecule has 4 nitrogen and oxygen atoms in total. The Balaban J connectivity index is 1.69. The number of nitrogens with one attached hydrogen (secondary N) is 1. The first-order valence-corrected chi connectivity index (χ1v) is 9.80. The van der Waals surface area contributed by atoms with E-state index in [1.54, 1.807) is 24.3 Å². The van der Waals surface area contributed by atoms with E-state index in [0.29, 0.717) is 17.9 Å². The number of esters is 1. The number of hydrogen-bond acceptors (Lipinski definition) is 3. The van der Waals surface area contributed by atoms with Crippen molar-refractivity contribution in [2.75, 3.05) is 11.9 Å². The van der Waals surface area contributed by atoms with Crippen LogP contribution in [0.5, 0.6) is 0 Å². The number of rotatable bonds is 7. The zero-order valence-electron chi connectivity index (χ0n) is 15.9. The third-order valence-electron chi connectivity index (χ3n) is 5.33. The van der Waals surface area contributed by atoms with Crippen LogP contribution in [-0.4, -0.2) is 18.5 Å². The molecule has 1 aliphatic carbocycles. The van der Waals surface area contributed by atoms with Crippen molar-refractivity contribution in [2.24, 2.45) is 0 Å². The van der Waals surface area contributed by atoms with Crippen LogP contribution >= 0.6 is 0 Å². The Kier molecular flexibility index (Phi) is 6.28. The third kappa shape index (κ3) is 4.38. The van der Waals surface area contributed by atoms with Crippen molar-refractivity contribution < 1.29 is 14.3 Å². The van der Waals surface area contributed by atoms with Gasteiger partial charge in [-0.25, -0.2) is 4.79 Å². The molecule has 0 spiro atoms. The molecular formula is C23H27NO3. The fourth-order valence-electron chi connectivity index (χ4n) is 3.72. The average Bonchev–Trinajstić information content (AvgIpc) is 3.21. The van der Waals surface area contributed by atoms with Gasteiger partial charge in [-0.1, -0.05) is 56.5 Å². The molecule has 0 unspecified atom stereocenters. The Morgan fingerprint density at radius 2 is 1.67 bits per heavy atom. The molecule has 27 heavy (non-hydrogen) atoms. The maximum Gasteiger partial charge on any atom is 0.338 e. The van der Waals surface area contributed by atoms with E-state index >= 15 is 0 Å². The molecule has 2 aromatic rings. The molecule has 0 bridgehead atoms. The van der Waals surface area contributed by atoms with Gasteiger partial charge in [0.25, 0.3) is 0 Å². The Hall–Kier alpha value is -2.62. The van der Waals surface area contributed by atoms with Crippen molar-refractivity contribution in [2.45, 2.75) is 50.9 Å². The zero-order chi connectivity index (χ0) is 19.1. The minimum Gasteiger partial charge on any atom is -0.462 e. The molecule has 1 amide bonds. The first-order chi connectivity index (χ1) is 13.2. The highest BCUT2D eigenvalue weighted by Crippen LogP contribution is 2.42. The third-order valence-corrected chi connectivity index (χ3v) is 5.33. The minimum absolute atomic E-state index is 0.0319. The molecule has 0 atom stereocenters. The number of benzene rings is 2. The summed E-state index contributed by atoms with van der Waals surface area (Å²) in [5, 5.41) is 3.05. The fraction of sp³-hybridized carbons (Fsp3) is 0.391. The van der Waals surface area contributed by atoms with Crippen LogP contribution < -0.4 is 5.32 Å². The molecule has 0 heterocycles. The summed E-state index contributed by atoms with van der Waals surface area (Å²) in [6.45, 7) is 2.49.